The quantitative estimate of drug-likeness (QED) is 0.440. The van der Waals surface area contributed by atoms with E-state index in [2.05, 4.69) is 10.3 Å². The second-order valence-electron chi connectivity index (χ2n) is 7.43. The lowest BCUT2D eigenvalue weighted by atomic mass is 10.1. The molecule has 1 aliphatic rings. The highest BCUT2D eigenvalue weighted by atomic mass is 32.1. The van der Waals surface area contributed by atoms with E-state index in [0.717, 1.165) is 29.2 Å². The highest BCUT2D eigenvalue weighted by Crippen LogP contribution is 2.31. The minimum absolute atomic E-state index is 0.144. The molecule has 0 aliphatic carbocycles. The van der Waals surface area contributed by atoms with Crippen LogP contribution in [0.25, 0.3) is 22.3 Å². The predicted molar refractivity (Wildman–Crippen MR) is 124 cm³/mol. The van der Waals surface area contributed by atoms with Gasteiger partial charge in [0.15, 0.2) is 4.96 Å². The van der Waals surface area contributed by atoms with Gasteiger partial charge in [-0.05, 0) is 54.5 Å². The number of imidazole rings is 1. The summed E-state index contributed by atoms with van der Waals surface area (Å²) in [4.78, 5) is 31.6. The minimum atomic E-state index is -0.330. The number of carbonyl (C=O) groups is 2. The molecule has 5 rings (SSSR count). The van der Waals surface area contributed by atoms with Crippen molar-refractivity contribution in [2.45, 2.75) is 12.8 Å². The van der Waals surface area contributed by atoms with Gasteiger partial charge >= 0.3 is 0 Å². The van der Waals surface area contributed by atoms with E-state index < -0.39 is 0 Å². The molecule has 0 spiro atoms. The van der Waals surface area contributed by atoms with E-state index in [1.165, 1.54) is 29.5 Å². The number of anilines is 2. The first-order valence-electron chi connectivity index (χ1n) is 10.2. The Labute approximate surface area is 187 Å². The van der Waals surface area contributed by atoms with Crippen molar-refractivity contribution in [1.29, 1.82) is 0 Å². The summed E-state index contributed by atoms with van der Waals surface area (Å²) in [5.41, 5.74) is 3.02. The summed E-state index contributed by atoms with van der Waals surface area (Å²) in [7, 11) is 0. The Bertz CT molecular complexity index is 1320. The van der Waals surface area contributed by atoms with Crippen molar-refractivity contribution in [1.82, 2.24) is 9.38 Å². The number of fused-ring (bicyclic) bond motifs is 1. The summed E-state index contributed by atoms with van der Waals surface area (Å²) < 4.78 is 15.1. The average Bonchev–Trinajstić information content (AvgIpc) is 3.51. The lowest BCUT2D eigenvalue weighted by Crippen LogP contribution is -2.23. The maximum Gasteiger partial charge on any atom is 0.249 e. The number of rotatable bonds is 5. The maximum absolute atomic E-state index is 13.3. The molecule has 32 heavy (non-hydrogen) atoms. The Morgan fingerprint density at radius 3 is 2.62 bits per heavy atom. The number of hydrogen-bond acceptors (Lipinski definition) is 4. The molecule has 8 heteroatoms. The van der Waals surface area contributed by atoms with Gasteiger partial charge in [-0.3, -0.25) is 14.0 Å². The molecule has 0 atom stereocenters. The molecule has 1 aliphatic heterocycles. The van der Waals surface area contributed by atoms with Crippen molar-refractivity contribution < 1.29 is 14.0 Å². The highest BCUT2D eigenvalue weighted by molar-refractivity contribution is 7.15. The Morgan fingerprint density at radius 2 is 1.91 bits per heavy atom. The predicted octanol–water partition coefficient (Wildman–Crippen LogP) is 4.98. The maximum atomic E-state index is 13.3. The highest BCUT2D eigenvalue weighted by Gasteiger charge is 2.21. The molecular weight excluding hydrogens is 427 g/mol. The number of nitrogens with zero attached hydrogens (tertiary/aromatic N) is 3. The molecule has 6 nitrogen and oxygen atoms in total. The van der Waals surface area contributed by atoms with Gasteiger partial charge in [0.2, 0.25) is 11.8 Å². The van der Waals surface area contributed by atoms with Crippen LogP contribution in [0.3, 0.4) is 0 Å². The first kappa shape index (κ1) is 20.1. The molecule has 0 bridgehead atoms. The summed E-state index contributed by atoms with van der Waals surface area (Å²) in [5.74, 6) is 0.0409. The fourth-order valence-electron chi connectivity index (χ4n) is 3.73. The molecule has 1 N–H and O–H groups in total. The fourth-order valence-corrected chi connectivity index (χ4v) is 4.45. The number of hydrogen-bond donors (Lipinski definition) is 1. The van der Waals surface area contributed by atoms with Crippen molar-refractivity contribution in [2.75, 3.05) is 16.8 Å². The number of amides is 2. The van der Waals surface area contributed by atoms with Crippen LogP contribution in [0.2, 0.25) is 0 Å². The summed E-state index contributed by atoms with van der Waals surface area (Å²) >= 11 is 1.45. The number of halogens is 1. The van der Waals surface area contributed by atoms with E-state index in [1.54, 1.807) is 27.5 Å². The molecular formula is C24H19FN4O2S. The summed E-state index contributed by atoms with van der Waals surface area (Å²) in [5, 5.41) is 4.78. The van der Waals surface area contributed by atoms with Gasteiger partial charge in [-0.25, -0.2) is 9.37 Å². The van der Waals surface area contributed by atoms with Gasteiger partial charge in [-0.2, -0.15) is 0 Å². The van der Waals surface area contributed by atoms with Crippen molar-refractivity contribution in [2.24, 2.45) is 0 Å². The van der Waals surface area contributed by atoms with E-state index in [-0.39, 0.29) is 17.6 Å². The Hall–Kier alpha value is -3.78. The van der Waals surface area contributed by atoms with Gasteiger partial charge in [0.1, 0.15) is 17.3 Å². The van der Waals surface area contributed by atoms with Crippen LogP contribution in [-0.2, 0) is 9.59 Å². The van der Waals surface area contributed by atoms with E-state index in [0.29, 0.717) is 23.5 Å². The van der Waals surface area contributed by atoms with Crippen LogP contribution in [0, 0.1) is 5.82 Å². The van der Waals surface area contributed by atoms with E-state index in [4.69, 9.17) is 0 Å². The van der Waals surface area contributed by atoms with Crippen molar-refractivity contribution in [3.05, 3.63) is 77.6 Å². The first-order chi connectivity index (χ1) is 15.6. The second kappa shape index (κ2) is 8.39. The Balaban J connectivity index is 1.34. The smallest absolute Gasteiger partial charge is 0.249 e. The number of aromatic nitrogens is 2. The van der Waals surface area contributed by atoms with E-state index >= 15 is 0 Å². The average molecular weight is 447 g/mol. The van der Waals surface area contributed by atoms with Crippen LogP contribution in [-0.4, -0.2) is 27.7 Å². The summed E-state index contributed by atoms with van der Waals surface area (Å²) in [6, 6.07) is 13.6. The molecule has 1 saturated heterocycles. The Kier molecular flexibility index (Phi) is 5.28. The SMILES string of the molecule is O=C(/C=C/c1ccc(N2CCCC2=O)cc1)Nc1c(-c2ccc(F)cc2)nc2sccn12. The van der Waals surface area contributed by atoms with Crippen LogP contribution < -0.4 is 10.2 Å². The first-order valence-corrected chi connectivity index (χ1v) is 11.1. The van der Waals surface area contributed by atoms with Gasteiger partial charge in [-0.15, -0.1) is 11.3 Å². The zero-order valence-corrected chi connectivity index (χ0v) is 17.8. The number of nitrogens with one attached hydrogen (secondary N) is 1. The molecule has 4 aromatic rings. The normalized spacial score (nSPS) is 14.0. The van der Waals surface area contributed by atoms with Crippen molar-refractivity contribution in [3.8, 4) is 11.3 Å². The van der Waals surface area contributed by atoms with E-state index in [1.807, 2.05) is 35.8 Å². The van der Waals surface area contributed by atoms with Crippen LogP contribution in [0.1, 0.15) is 18.4 Å². The molecule has 160 valence electrons. The number of carbonyl (C=O) groups excluding carboxylic acids is 2. The van der Waals surface area contributed by atoms with Gasteiger partial charge in [0, 0.05) is 41.9 Å². The molecule has 0 saturated carbocycles. The van der Waals surface area contributed by atoms with Gasteiger partial charge in [0.25, 0.3) is 0 Å². The van der Waals surface area contributed by atoms with Gasteiger partial charge in [-0.1, -0.05) is 12.1 Å². The molecule has 1 fully saturated rings. The van der Waals surface area contributed by atoms with Crippen LogP contribution >= 0.6 is 11.3 Å². The second-order valence-corrected chi connectivity index (χ2v) is 8.31. The lowest BCUT2D eigenvalue weighted by molar-refractivity contribution is -0.117. The third-order valence-corrected chi connectivity index (χ3v) is 6.08. The summed E-state index contributed by atoms with van der Waals surface area (Å²) in [6.07, 6.45) is 6.47. The Morgan fingerprint density at radius 1 is 1.12 bits per heavy atom. The number of benzene rings is 2. The topological polar surface area (TPSA) is 66.7 Å². The van der Waals surface area contributed by atoms with Crippen molar-refractivity contribution in [3.63, 3.8) is 0 Å². The molecule has 0 unspecified atom stereocenters. The molecule has 3 heterocycles. The van der Waals surface area contributed by atoms with Crippen LogP contribution in [0.15, 0.2) is 66.2 Å². The third kappa shape index (κ3) is 3.92. The lowest BCUT2D eigenvalue weighted by Gasteiger charge is -2.15. The molecule has 0 radical (unpaired) electrons. The summed E-state index contributed by atoms with van der Waals surface area (Å²) in [6.45, 7) is 0.745. The largest absolute Gasteiger partial charge is 0.312 e. The molecule has 2 aromatic heterocycles. The zero-order valence-electron chi connectivity index (χ0n) is 17.0. The minimum Gasteiger partial charge on any atom is -0.312 e. The van der Waals surface area contributed by atoms with Crippen molar-refractivity contribution >= 4 is 45.7 Å². The monoisotopic (exact) mass is 446 g/mol. The third-order valence-electron chi connectivity index (χ3n) is 5.33. The van der Waals surface area contributed by atoms with Gasteiger partial charge in [0.05, 0.1) is 0 Å². The molecule has 2 amide bonds. The zero-order chi connectivity index (χ0) is 22.1. The van der Waals surface area contributed by atoms with Crippen LogP contribution in [0.5, 0.6) is 0 Å². The standard InChI is InChI=1S/C24H19FN4O2S/c25-18-8-6-17(7-9-18)22-23(29-14-15-32-24(29)27-22)26-20(30)12-5-16-3-10-19(11-4-16)28-13-1-2-21(28)31/h3-12,14-15H,1-2,13H2,(H,26,30)/b12-5+. The van der Waals surface area contributed by atoms with Crippen LogP contribution in [0.4, 0.5) is 15.9 Å². The van der Waals surface area contributed by atoms with E-state index in [9.17, 15) is 14.0 Å². The number of thiazole rings is 1. The molecule has 2 aromatic carbocycles. The van der Waals surface area contributed by atoms with Gasteiger partial charge < -0.3 is 10.2 Å². The fraction of sp³-hybridized carbons (Fsp3) is 0.125.